The first-order valence-electron chi connectivity index (χ1n) is 15.7. The van der Waals surface area contributed by atoms with E-state index in [1.165, 1.54) is 62.7 Å². The zero-order valence-corrected chi connectivity index (χ0v) is 27.1. The number of allylic oxidation sites excluding steroid dienone is 4. The number of fused-ring (bicyclic) bond motifs is 2. The Kier molecular flexibility index (Phi) is 9.09. The summed E-state index contributed by atoms with van der Waals surface area (Å²) in [6.45, 7) is 34.6. The molecule has 38 heavy (non-hydrogen) atoms. The van der Waals surface area contributed by atoms with Gasteiger partial charge in [0, 0.05) is 5.25 Å². The molecule has 0 bridgehead atoms. The van der Waals surface area contributed by atoms with Gasteiger partial charge in [0.25, 0.3) is 0 Å². The van der Waals surface area contributed by atoms with E-state index in [0.717, 1.165) is 11.8 Å². The summed E-state index contributed by atoms with van der Waals surface area (Å²) in [4.78, 5) is 1.44. The Labute approximate surface area is 243 Å². The first-order valence-corrected chi connectivity index (χ1v) is 16.6. The van der Waals surface area contributed by atoms with E-state index in [2.05, 4.69) is 94.5 Å². The van der Waals surface area contributed by atoms with E-state index in [1.807, 2.05) is 11.8 Å². The summed E-state index contributed by atoms with van der Waals surface area (Å²) in [7, 11) is 0. The molecule has 0 N–H and O–H groups in total. The van der Waals surface area contributed by atoms with Crippen molar-refractivity contribution in [1.82, 2.24) is 0 Å². The standard InChI is InChI=1S/C36H60S.CH4/c1-13-14-28-29(17-20-34(10)19-16-27(23-30(28)34)26(5)37-24(2)3)35(11)22-18-31-32(6,7)25(4)15-21-36(31,12)33(35,8)9;/h13-14,24-25,27,29-31H,1,5,15-23H2,2-4,6-12H3;1H4/b28-14+;. The molecule has 0 aromatic rings. The van der Waals surface area contributed by atoms with Crippen molar-refractivity contribution in [2.45, 2.75) is 140 Å². The Morgan fingerprint density at radius 2 is 1.47 bits per heavy atom. The number of thioether (sulfide) groups is 1. The Hall–Kier alpha value is -0.430. The van der Waals surface area contributed by atoms with Gasteiger partial charge in [0.1, 0.15) is 0 Å². The fraction of sp³-hybridized carbons (Fsp3) is 0.838. The van der Waals surface area contributed by atoms with E-state index in [4.69, 9.17) is 0 Å². The van der Waals surface area contributed by atoms with Crippen molar-refractivity contribution in [2.75, 3.05) is 0 Å². The van der Waals surface area contributed by atoms with Gasteiger partial charge in [-0.2, -0.15) is 0 Å². The lowest BCUT2D eigenvalue weighted by Gasteiger charge is -2.71. The number of hydrogen-bond donors (Lipinski definition) is 0. The van der Waals surface area contributed by atoms with Gasteiger partial charge in [-0.15, -0.1) is 11.8 Å². The third-order valence-corrected chi connectivity index (χ3v) is 15.1. The summed E-state index contributed by atoms with van der Waals surface area (Å²) in [6.07, 6.45) is 16.9. The SMILES string of the molecule is C.C=C/C=C1/C2CC(C(=C)SC(C)C)CCC2(C)CCC1C1(C)CCC2C(C)(C)C(C)CCC2(C)C1(C)C. The van der Waals surface area contributed by atoms with Gasteiger partial charge in [-0.05, 0) is 119 Å². The molecule has 0 heterocycles. The van der Waals surface area contributed by atoms with Gasteiger partial charge in [0.15, 0.2) is 0 Å². The van der Waals surface area contributed by atoms with Crippen LogP contribution in [0, 0.1) is 56.7 Å². The van der Waals surface area contributed by atoms with E-state index in [9.17, 15) is 0 Å². The fourth-order valence-electron chi connectivity index (χ4n) is 10.5. The summed E-state index contributed by atoms with van der Waals surface area (Å²) in [5.41, 5.74) is 3.65. The molecule has 0 radical (unpaired) electrons. The second-order valence-corrected chi connectivity index (χ2v) is 17.8. The van der Waals surface area contributed by atoms with Crippen LogP contribution in [-0.2, 0) is 0 Å². The maximum Gasteiger partial charge on any atom is 0.00344 e. The minimum absolute atomic E-state index is 0. The van der Waals surface area contributed by atoms with E-state index in [0.29, 0.717) is 50.1 Å². The van der Waals surface area contributed by atoms with Crippen LogP contribution < -0.4 is 0 Å². The molecule has 0 spiro atoms. The lowest BCUT2D eigenvalue weighted by atomic mass is 9.34. The first-order chi connectivity index (χ1) is 17.0. The van der Waals surface area contributed by atoms with Crippen LogP contribution >= 0.6 is 11.8 Å². The van der Waals surface area contributed by atoms with Crippen LogP contribution in [0.25, 0.3) is 0 Å². The van der Waals surface area contributed by atoms with Crippen molar-refractivity contribution in [2.24, 2.45) is 56.7 Å². The van der Waals surface area contributed by atoms with Crippen molar-refractivity contribution in [3.8, 4) is 0 Å². The molecule has 4 aliphatic carbocycles. The van der Waals surface area contributed by atoms with Crippen LogP contribution in [0.1, 0.15) is 134 Å². The van der Waals surface area contributed by atoms with Gasteiger partial charge in [0.2, 0.25) is 0 Å². The monoisotopic (exact) mass is 540 g/mol. The molecule has 0 aromatic carbocycles. The van der Waals surface area contributed by atoms with Crippen LogP contribution in [-0.4, -0.2) is 5.25 Å². The quantitative estimate of drug-likeness (QED) is 0.334. The van der Waals surface area contributed by atoms with Gasteiger partial charge in [0.05, 0.1) is 0 Å². The van der Waals surface area contributed by atoms with Crippen molar-refractivity contribution in [3.63, 3.8) is 0 Å². The predicted octanol–water partition coefficient (Wildman–Crippen LogP) is 12.1. The van der Waals surface area contributed by atoms with Gasteiger partial charge in [-0.25, -0.2) is 0 Å². The molecule has 0 nitrogen and oxygen atoms in total. The summed E-state index contributed by atoms with van der Waals surface area (Å²) < 4.78 is 0. The average Bonchev–Trinajstić information content (AvgIpc) is 2.79. The lowest BCUT2D eigenvalue weighted by molar-refractivity contribution is -0.208. The third-order valence-electron chi connectivity index (χ3n) is 14.0. The van der Waals surface area contributed by atoms with Gasteiger partial charge in [-0.1, -0.05) is 108 Å². The van der Waals surface area contributed by atoms with Gasteiger partial charge in [-0.3, -0.25) is 0 Å². The summed E-state index contributed by atoms with van der Waals surface area (Å²) in [5, 5.41) is 0.626. The number of hydrogen-bond acceptors (Lipinski definition) is 1. The molecule has 0 aromatic heterocycles. The predicted molar refractivity (Wildman–Crippen MR) is 173 cm³/mol. The Bertz CT molecular complexity index is 919. The zero-order valence-electron chi connectivity index (χ0n) is 26.3. The Morgan fingerprint density at radius 3 is 2.08 bits per heavy atom. The van der Waals surface area contributed by atoms with E-state index >= 15 is 0 Å². The van der Waals surface area contributed by atoms with Crippen molar-refractivity contribution in [3.05, 3.63) is 35.8 Å². The lowest BCUT2D eigenvalue weighted by Crippen LogP contribution is -2.63. The smallest absolute Gasteiger partial charge is 0.00344 e. The Balaban J connectivity index is 0.00000400. The van der Waals surface area contributed by atoms with Crippen molar-refractivity contribution in [1.29, 1.82) is 0 Å². The van der Waals surface area contributed by atoms with E-state index in [1.54, 1.807) is 5.57 Å². The molecule has 8 unspecified atom stereocenters. The third kappa shape index (κ3) is 4.75. The molecule has 4 saturated carbocycles. The minimum Gasteiger partial charge on any atom is -0.128 e. The fourth-order valence-corrected chi connectivity index (χ4v) is 11.5. The molecule has 0 aliphatic heterocycles. The van der Waals surface area contributed by atoms with Crippen LogP contribution in [0.5, 0.6) is 0 Å². The second-order valence-electron chi connectivity index (χ2n) is 16.1. The molecule has 0 saturated heterocycles. The van der Waals surface area contributed by atoms with Crippen LogP contribution in [0.2, 0.25) is 0 Å². The van der Waals surface area contributed by atoms with Gasteiger partial charge >= 0.3 is 0 Å². The highest BCUT2D eigenvalue weighted by atomic mass is 32.2. The highest BCUT2D eigenvalue weighted by molar-refractivity contribution is 8.03. The molecular weight excluding hydrogens is 476 g/mol. The van der Waals surface area contributed by atoms with Crippen LogP contribution in [0.4, 0.5) is 0 Å². The summed E-state index contributed by atoms with van der Waals surface area (Å²) >= 11 is 2.02. The zero-order chi connectivity index (χ0) is 27.6. The van der Waals surface area contributed by atoms with Crippen LogP contribution in [0.3, 0.4) is 0 Å². The minimum atomic E-state index is 0. The average molecular weight is 541 g/mol. The van der Waals surface area contributed by atoms with Crippen LogP contribution in [0.15, 0.2) is 35.8 Å². The molecule has 1 heteroatoms. The largest absolute Gasteiger partial charge is 0.128 e. The van der Waals surface area contributed by atoms with E-state index in [-0.39, 0.29) is 7.43 Å². The van der Waals surface area contributed by atoms with Crippen molar-refractivity contribution < 1.29 is 0 Å². The van der Waals surface area contributed by atoms with Gasteiger partial charge < -0.3 is 0 Å². The second kappa shape index (κ2) is 10.8. The molecule has 218 valence electrons. The number of rotatable bonds is 5. The molecule has 0 amide bonds. The topological polar surface area (TPSA) is 0 Å². The molecule has 4 fully saturated rings. The summed E-state index contributed by atoms with van der Waals surface area (Å²) in [6, 6.07) is 0. The molecule has 8 atom stereocenters. The summed E-state index contributed by atoms with van der Waals surface area (Å²) in [5.74, 6) is 3.65. The normalized spacial score (nSPS) is 45.0. The maximum atomic E-state index is 4.59. The van der Waals surface area contributed by atoms with E-state index < -0.39 is 0 Å². The first kappa shape index (κ1) is 32.1. The Morgan fingerprint density at radius 1 is 0.868 bits per heavy atom. The molecular formula is C37H64S. The highest BCUT2D eigenvalue weighted by Crippen LogP contribution is 2.74. The molecule has 4 aliphatic rings. The highest BCUT2D eigenvalue weighted by Gasteiger charge is 2.66. The maximum absolute atomic E-state index is 4.59. The van der Waals surface area contributed by atoms with Crippen molar-refractivity contribution >= 4 is 11.8 Å². The molecule has 4 rings (SSSR count).